The molecule has 0 spiro atoms. The zero-order chi connectivity index (χ0) is 18.5. The van der Waals surface area contributed by atoms with Crippen LogP contribution < -0.4 is 15.3 Å². The Morgan fingerprint density at radius 3 is 2.54 bits per heavy atom. The summed E-state index contributed by atoms with van der Waals surface area (Å²) in [5, 5.41) is 8.97. The topological polar surface area (TPSA) is 75.2 Å². The van der Waals surface area contributed by atoms with Crippen molar-refractivity contribution in [3.63, 3.8) is 0 Å². The van der Waals surface area contributed by atoms with Crippen LogP contribution in [0.4, 0.5) is 0 Å². The Morgan fingerprint density at radius 2 is 1.81 bits per heavy atom. The Hall–Kier alpha value is -2.67. The first kappa shape index (κ1) is 18.1. The third-order valence-corrected chi connectivity index (χ3v) is 5.01. The summed E-state index contributed by atoms with van der Waals surface area (Å²) in [5.74, 6) is 9.14. The minimum Gasteiger partial charge on any atom is -0.497 e. The van der Waals surface area contributed by atoms with Crippen LogP contribution in [0.1, 0.15) is 22.5 Å². The summed E-state index contributed by atoms with van der Waals surface area (Å²) in [4.78, 5) is 0. The van der Waals surface area contributed by atoms with Gasteiger partial charge >= 0.3 is 0 Å². The number of nitrogen functional groups attached to an aromatic ring is 1. The Kier molecular flexibility index (Phi) is 5.68. The van der Waals surface area contributed by atoms with Crippen molar-refractivity contribution < 1.29 is 9.47 Å². The maximum absolute atomic E-state index is 6.13. The molecule has 1 heterocycles. The highest BCUT2D eigenvalue weighted by atomic mass is 32.2. The number of aryl methyl sites for hydroxylation is 2. The average Bonchev–Trinajstić information content (AvgIpc) is 3.00. The van der Waals surface area contributed by atoms with Crippen molar-refractivity contribution in [3.8, 4) is 11.5 Å². The smallest absolute Gasteiger partial charge is 0.210 e. The van der Waals surface area contributed by atoms with E-state index in [2.05, 4.69) is 10.2 Å². The quantitative estimate of drug-likeness (QED) is 0.507. The average molecular weight is 370 g/mol. The minimum atomic E-state index is 0.273. The number of hydrogen-bond acceptors (Lipinski definition) is 6. The highest BCUT2D eigenvalue weighted by Gasteiger charge is 2.12. The second-order valence-corrected chi connectivity index (χ2v) is 6.86. The molecule has 6 nitrogen and oxygen atoms in total. The molecule has 26 heavy (non-hydrogen) atoms. The molecule has 2 N–H and O–H groups in total. The van der Waals surface area contributed by atoms with E-state index < -0.39 is 0 Å². The Morgan fingerprint density at radius 1 is 1.08 bits per heavy atom. The molecule has 0 saturated heterocycles. The van der Waals surface area contributed by atoms with Gasteiger partial charge in [-0.3, -0.25) is 0 Å². The van der Waals surface area contributed by atoms with Gasteiger partial charge in [-0.15, -0.1) is 10.2 Å². The number of benzene rings is 2. The van der Waals surface area contributed by atoms with E-state index in [0.717, 1.165) is 33.9 Å². The van der Waals surface area contributed by atoms with Gasteiger partial charge in [-0.2, -0.15) is 0 Å². The van der Waals surface area contributed by atoms with Crippen LogP contribution in [0.2, 0.25) is 0 Å². The van der Waals surface area contributed by atoms with Gasteiger partial charge in [-0.25, -0.2) is 4.68 Å². The van der Waals surface area contributed by atoms with Crippen molar-refractivity contribution in [1.29, 1.82) is 0 Å². The maximum atomic E-state index is 6.13. The Bertz CT molecular complexity index is 875. The molecule has 0 bridgehead atoms. The number of hydrogen-bond donors (Lipinski definition) is 1. The molecule has 0 unspecified atom stereocenters. The van der Waals surface area contributed by atoms with E-state index in [1.54, 1.807) is 7.11 Å². The third kappa shape index (κ3) is 4.11. The van der Waals surface area contributed by atoms with Crippen LogP contribution in [0.3, 0.4) is 0 Å². The lowest BCUT2D eigenvalue weighted by molar-refractivity contribution is 0.288. The van der Waals surface area contributed by atoms with E-state index in [9.17, 15) is 0 Å². The van der Waals surface area contributed by atoms with Gasteiger partial charge in [-0.05, 0) is 42.7 Å². The minimum absolute atomic E-state index is 0.273. The SMILES string of the molecule is COc1cccc(CSc2nnc(COc3c(C)cccc3C)n2N)c1. The first-order valence-corrected chi connectivity index (χ1v) is 9.21. The molecule has 0 amide bonds. The molecular formula is C19H22N4O2S. The van der Waals surface area contributed by atoms with Gasteiger partial charge in [-0.1, -0.05) is 42.1 Å². The van der Waals surface area contributed by atoms with Gasteiger partial charge in [0.05, 0.1) is 7.11 Å². The molecule has 0 saturated carbocycles. The van der Waals surface area contributed by atoms with Gasteiger partial charge in [0.25, 0.3) is 0 Å². The van der Waals surface area contributed by atoms with Crippen molar-refractivity contribution in [1.82, 2.24) is 14.9 Å². The summed E-state index contributed by atoms with van der Waals surface area (Å²) in [5.41, 5.74) is 3.30. The highest BCUT2D eigenvalue weighted by molar-refractivity contribution is 7.98. The van der Waals surface area contributed by atoms with Gasteiger partial charge in [0.2, 0.25) is 5.16 Å². The van der Waals surface area contributed by atoms with Gasteiger partial charge in [0.15, 0.2) is 5.82 Å². The second kappa shape index (κ2) is 8.14. The zero-order valence-corrected chi connectivity index (χ0v) is 15.9. The van der Waals surface area contributed by atoms with Gasteiger partial charge in [0.1, 0.15) is 18.1 Å². The Labute approximate surface area is 157 Å². The fourth-order valence-corrected chi connectivity index (χ4v) is 3.40. The van der Waals surface area contributed by atoms with E-state index in [1.165, 1.54) is 16.4 Å². The van der Waals surface area contributed by atoms with Crippen molar-refractivity contribution in [2.75, 3.05) is 13.0 Å². The lowest BCUT2D eigenvalue weighted by atomic mass is 10.1. The standard InChI is InChI=1S/C19H22N4O2S/c1-13-6-4-7-14(2)18(13)25-11-17-21-22-19(23(17)20)26-12-15-8-5-9-16(10-15)24-3/h4-10H,11-12,20H2,1-3H3. The summed E-state index contributed by atoms with van der Waals surface area (Å²) < 4.78 is 12.6. The van der Waals surface area contributed by atoms with Crippen LogP contribution in [-0.2, 0) is 12.4 Å². The second-order valence-electron chi connectivity index (χ2n) is 5.92. The largest absolute Gasteiger partial charge is 0.497 e. The summed E-state index contributed by atoms with van der Waals surface area (Å²) in [6.07, 6.45) is 0. The van der Waals surface area contributed by atoms with Gasteiger partial charge in [0, 0.05) is 5.75 Å². The van der Waals surface area contributed by atoms with E-state index in [4.69, 9.17) is 15.3 Å². The number of rotatable bonds is 7. The molecule has 3 rings (SSSR count). The fourth-order valence-electron chi connectivity index (χ4n) is 2.58. The molecule has 2 aromatic carbocycles. The maximum Gasteiger partial charge on any atom is 0.210 e. The van der Waals surface area contributed by atoms with Crippen molar-refractivity contribution in [2.24, 2.45) is 0 Å². The molecule has 136 valence electrons. The van der Waals surface area contributed by atoms with Crippen LogP contribution in [0.5, 0.6) is 11.5 Å². The lowest BCUT2D eigenvalue weighted by Gasteiger charge is -2.11. The molecule has 7 heteroatoms. The number of para-hydroxylation sites is 1. The summed E-state index contributed by atoms with van der Waals surface area (Å²) in [7, 11) is 1.66. The van der Waals surface area contributed by atoms with Crippen molar-refractivity contribution in [2.45, 2.75) is 31.4 Å². The Balaban J connectivity index is 1.64. The van der Waals surface area contributed by atoms with Crippen LogP contribution in [0.15, 0.2) is 47.6 Å². The van der Waals surface area contributed by atoms with Gasteiger partial charge < -0.3 is 15.3 Å². The van der Waals surface area contributed by atoms with Crippen molar-refractivity contribution in [3.05, 3.63) is 65.0 Å². The molecule has 0 aliphatic rings. The molecule has 0 aliphatic carbocycles. The van der Waals surface area contributed by atoms with E-state index in [0.29, 0.717) is 11.0 Å². The molecule has 3 aromatic rings. The molecular weight excluding hydrogens is 348 g/mol. The molecule has 1 aromatic heterocycles. The fraction of sp³-hybridized carbons (Fsp3) is 0.263. The predicted molar refractivity (Wildman–Crippen MR) is 103 cm³/mol. The normalized spacial score (nSPS) is 10.7. The van der Waals surface area contributed by atoms with Crippen LogP contribution >= 0.6 is 11.8 Å². The third-order valence-electron chi connectivity index (χ3n) is 3.99. The molecule has 0 aliphatic heterocycles. The van der Waals surface area contributed by atoms with E-state index >= 15 is 0 Å². The summed E-state index contributed by atoms with van der Waals surface area (Å²) in [6.45, 7) is 4.31. The van der Waals surface area contributed by atoms with E-state index in [1.807, 2.05) is 56.3 Å². The predicted octanol–water partition coefficient (Wildman–Crippen LogP) is 3.49. The first-order chi connectivity index (χ1) is 12.6. The molecule has 0 atom stereocenters. The molecule has 0 fully saturated rings. The van der Waals surface area contributed by atoms with Crippen molar-refractivity contribution >= 4 is 11.8 Å². The highest BCUT2D eigenvalue weighted by Crippen LogP contribution is 2.25. The molecule has 0 radical (unpaired) electrons. The zero-order valence-electron chi connectivity index (χ0n) is 15.1. The lowest BCUT2D eigenvalue weighted by Crippen LogP contribution is -2.16. The summed E-state index contributed by atoms with van der Waals surface area (Å²) >= 11 is 1.52. The summed E-state index contributed by atoms with van der Waals surface area (Å²) in [6, 6.07) is 14.0. The van der Waals surface area contributed by atoms with Crippen LogP contribution in [0, 0.1) is 13.8 Å². The number of nitrogens with zero attached hydrogens (tertiary/aromatic N) is 3. The monoisotopic (exact) mass is 370 g/mol. The van der Waals surface area contributed by atoms with E-state index in [-0.39, 0.29) is 6.61 Å². The number of methoxy groups -OCH3 is 1. The first-order valence-electron chi connectivity index (χ1n) is 8.22. The number of ether oxygens (including phenoxy) is 2. The number of nitrogens with two attached hydrogens (primary N) is 1. The van der Waals surface area contributed by atoms with Crippen LogP contribution in [-0.4, -0.2) is 22.0 Å². The number of thioether (sulfide) groups is 1. The number of aromatic nitrogens is 3. The van der Waals surface area contributed by atoms with Crippen LogP contribution in [0.25, 0.3) is 0 Å².